The van der Waals surface area contributed by atoms with Crippen LogP contribution < -0.4 is 16.0 Å². The molecule has 1 aromatic heterocycles. The Morgan fingerprint density at radius 1 is 1.37 bits per heavy atom. The van der Waals surface area contributed by atoms with Gasteiger partial charge in [0.1, 0.15) is 18.3 Å². The smallest absolute Gasteiger partial charge is 0.319 e. The molecule has 0 saturated carbocycles. The number of thiophene rings is 1. The van der Waals surface area contributed by atoms with Crippen LogP contribution in [0, 0.1) is 0 Å². The van der Waals surface area contributed by atoms with E-state index < -0.39 is 18.3 Å². The van der Waals surface area contributed by atoms with E-state index in [0.29, 0.717) is 19.6 Å². The van der Waals surface area contributed by atoms with Gasteiger partial charge in [0.05, 0.1) is 30.2 Å². The zero-order valence-corrected chi connectivity index (χ0v) is 15.9. The lowest BCUT2D eigenvalue weighted by molar-refractivity contribution is -0.124. The molecule has 2 aliphatic rings. The Bertz CT molecular complexity index is 628. The highest BCUT2D eigenvalue weighted by atomic mass is 32.1. The standard InChI is InChI=1S/C17H25N3O6S/c1-24-5-4-18-13(21)8-10-7-11-16(25-10)15(22)12(26-11)9-19-17(23)20-14-3-2-6-27-14/h2-3,6,10-12,15-16,22H,4-5,7-9H2,1H3,(H,18,21)(H2,19,20,23)/t10-,11+,12+,15+,16-/m0/s1. The van der Waals surface area contributed by atoms with Gasteiger partial charge in [-0.25, -0.2) is 4.79 Å². The van der Waals surface area contributed by atoms with Crippen molar-refractivity contribution in [1.82, 2.24) is 10.6 Å². The summed E-state index contributed by atoms with van der Waals surface area (Å²) in [6.45, 7) is 1.09. The predicted molar refractivity (Wildman–Crippen MR) is 98.8 cm³/mol. The lowest BCUT2D eigenvalue weighted by atomic mass is 10.1. The predicted octanol–water partition coefficient (Wildman–Crippen LogP) is 0.308. The highest BCUT2D eigenvalue weighted by molar-refractivity contribution is 7.14. The summed E-state index contributed by atoms with van der Waals surface area (Å²) < 4.78 is 16.5. The van der Waals surface area contributed by atoms with Crippen molar-refractivity contribution in [3.05, 3.63) is 17.5 Å². The van der Waals surface area contributed by atoms with Gasteiger partial charge in [-0.2, -0.15) is 0 Å². The quantitative estimate of drug-likeness (QED) is 0.467. The number of hydrogen-bond donors (Lipinski definition) is 4. The summed E-state index contributed by atoms with van der Waals surface area (Å²) in [5.74, 6) is -0.116. The van der Waals surface area contributed by atoms with Crippen LogP contribution in [0.2, 0.25) is 0 Å². The summed E-state index contributed by atoms with van der Waals surface area (Å²) >= 11 is 1.42. The van der Waals surface area contributed by atoms with Crippen molar-refractivity contribution >= 4 is 28.3 Å². The molecule has 5 atom stereocenters. The highest BCUT2D eigenvalue weighted by Crippen LogP contribution is 2.35. The minimum Gasteiger partial charge on any atom is -0.388 e. The van der Waals surface area contributed by atoms with Gasteiger partial charge in [-0.15, -0.1) is 11.3 Å². The van der Waals surface area contributed by atoms with Gasteiger partial charge in [-0.05, 0) is 17.5 Å². The van der Waals surface area contributed by atoms with Crippen LogP contribution in [0.5, 0.6) is 0 Å². The fourth-order valence-electron chi connectivity index (χ4n) is 3.28. The van der Waals surface area contributed by atoms with E-state index in [9.17, 15) is 14.7 Å². The molecule has 2 fully saturated rings. The summed E-state index contributed by atoms with van der Waals surface area (Å²) in [5.41, 5.74) is 0. The molecular weight excluding hydrogens is 374 g/mol. The van der Waals surface area contributed by atoms with Gasteiger partial charge in [0.2, 0.25) is 5.91 Å². The first-order chi connectivity index (χ1) is 13.1. The zero-order valence-electron chi connectivity index (χ0n) is 15.1. The van der Waals surface area contributed by atoms with Crippen LogP contribution in [-0.2, 0) is 19.0 Å². The minimum atomic E-state index is -0.849. The van der Waals surface area contributed by atoms with E-state index in [1.165, 1.54) is 11.3 Å². The van der Waals surface area contributed by atoms with E-state index in [4.69, 9.17) is 14.2 Å². The van der Waals surface area contributed by atoms with Crippen molar-refractivity contribution < 1.29 is 28.9 Å². The lowest BCUT2D eigenvalue weighted by Gasteiger charge is -2.20. The Labute approximate surface area is 161 Å². The molecule has 2 saturated heterocycles. The summed E-state index contributed by atoms with van der Waals surface area (Å²) in [5, 5.41) is 21.2. The molecule has 0 aliphatic carbocycles. The number of aliphatic hydroxyl groups is 1. The number of carbonyl (C=O) groups excluding carboxylic acids is 2. The number of rotatable bonds is 8. The Morgan fingerprint density at radius 2 is 2.22 bits per heavy atom. The van der Waals surface area contributed by atoms with Gasteiger partial charge in [-0.1, -0.05) is 0 Å². The SMILES string of the molecule is COCCNC(=O)C[C@@H]1C[C@H]2O[C@H](CNC(=O)Nc3cccs3)[C@@H](O)[C@H]2O1. The Balaban J connectivity index is 1.38. The molecule has 10 heteroatoms. The molecule has 4 N–H and O–H groups in total. The third-order valence-electron chi connectivity index (χ3n) is 4.54. The molecule has 9 nitrogen and oxygen atoms in total. The molecule has 0 spiro atoms. The molecule has 0 bridgehead atoms. The lowest BCUT2D eigenvalue weighted by Crippen LogP contribution is -2.42. The molecule has 2 aliphatic heterocycles. The van der Waals surface area contributed by atoms with Crippen molar-refractivity contribution in [2.45, 2.75) is 43.4 Å². The maximum atomic E-state index is 11.9. The van der Waals surface area contributed by atoms with Crippen molar-refractivity contribution in [3.63, 3.8) is 0 Å². The van der Waals surface area contributed by atoms with E-state index >= 15 is 0 Å². The summed E-state index contributed by atoms with van der Waals surface area (Å²) in [6, 6.07) is 3.29. The van der Waals surface area contributed by atoms with Crippen molar-refractivity contribution in [2.24, 2.45) is 0 Å². The third kappa shape index (κ3) is 5.39. The van der Waals surface area contributed by atoms with Crippen LogP contribution >= 0.6 is 11.3 Å². The monoisotopic (exact) mass is 399 g/mol. The number of fused-ring (bicyclic) bond motifs is 1. The molecule has 0 unspecified atom stereocenters. The van der Waals surface area contributed by atoms with Gasteiger partial charge in [0.15, 0.2) is 0 Å². The van der Waals surface area contributed by atoms with Gasteiger partial charge < -0.3 is 30.0 Å². The van der Waals surface area contributed by atoms with Crippen molar-refractivity contribution in [3.8, 4) is 0 Å². The maximum absolute atomic E-state index is 11.9. The Kier molecular flexibility index (Phi) is 7.02. The molecular formula is C17H25N3O6S. The van der Waals surface area contributed by atoms with E-state index in [0.717, 1.165) is 5.00 Å². The van der Waals surface area contributed by atoms with Crippen LogP contribution in [0.1, 0.15) is 12.8 Å². The van der Waals surface area contributed by atoms with E-state index in [1.807, 2.05) is 11.4 Å². The second-order valence-electron chi connectivity index (χ2n) is 6.52. The average Bonchev–Trinajstić information content (AvgIpc) is 3.33. The number of aliphatic hydroxyl groups excluding tert-OH is 1. The first-order valence-electron chi connectivity index (χ1n) is 8.90. The van der Waals surface area contributed by atoms with Crippen molar-refractivity contribution in [2.75, 3.05) is 32.1 Å². The number of amides is 3. The first kappa shape index (κ1) is 20.0. The zero-order chi connectivity index (χ0) is 19.2. The molecule has 1 aromatic rings. The molecule has 27 heavy (non-hydrogen) atoms. The van der Waals surface area contributed by atoms with Crippen LogP contribution in [0.3, 0.4) is 0 Å². The number of hydrogen-bond acceptors (Lipinski definition) is 7. The topological polar surface area (TPSA) is 118 Å². The second kappa shape index (κ2) is 9.47. The maximum Gasteiger partial charge on any atom is 0.319 e. The molecule has 3 amide bonds. The van der Waals surface area contributed by atoms with Gasteiger partial charge in [0.25, 0.3) is 0 Å². The highest BCUT2D eigenvalue weighted by Gasteiger charge is 2.50. The molecule has 3 heterocycles. The number of methoxy groups -OCH3 is 1. The third-order valence-corrected chi connectivity index (χ3v) is 5.33. The Morgan fingerprint density at radius 3 is 2.93 bits per heavy atom. The number of anilines is 1. The second-order valence-corrected chi connectivity index (χ2v) is 7.47. The van der Waals surface area contributed by atoms with Crippen LogP contribution in [0.25, 0.3) is 0 Å². The van der Waals surface area contributed by atoms with Crippen LogP contribution in [-0.4, -0.2) is 74.4 Å². The van der Waals surface area contributed by atoms with Gasteiger partial charge >= 0.3 is 6.03 Å². The number of nitrogens with one attached hydrogen (secondary N) is 3. The summed E-state index contributed by atoms with van der Waals surface area (Å²) in [4.78, 5) is 23.7. The van der Waals surface area contributed by atoms with E-state index in [1.54, 1.807) is 13.2 Å². The van der Waals surface area contributed by atoms with Crippen LogP contribution in [0.15, 0.2) is 17.5 Å². The number of urea groups is 1. The van der Waals surface area contributed by atoms with E-state index in [-0.39, 0.29) is 37.1 Å². The Hall–Kier alpha value is -1.72. The largest absolute Gasteiger partial charge is 0.388 e. The van der Waals surface area contributed by atoms with Crippen LogP contribution in [0.4, 0.5) is 9.80 Å². The first-order valence-corrected chi connectivity index (χ1v) is 9.77. The molecule has 3 rings (SSSR count). The summed E-state index contributed by atoms with van der Waals surface area (Å²) in [7, 11) is 1.57. The number of carbonyl (C=O) groups is 2. The number of ether oxygens (including phenoxy) is 3. The average molecular weight is 399 g/mol. The fraction of sp³-hybridized carbons (Fsp3) is 0.647. The molecule has 0 radical (unpaired) electrons. The normalized spacial score (nSPS) is 29.3. The summed E-state index contributed by atoms with van der Waals surface area (Å²) in [6.07, 6.45) is -1.66. The van der Waals surface area contributed by atoms with Gasteiger partial charge in [0, 0.05) is 26.6 Å². The van der Waals surface area contributed by atoms with Crippen molar-refractivity contribution in [1.29, 1.82) is 0 Å². The fourth-order valence-corrected chi connectivity index (χ4v) is 3.89. The van der Waals surface area contributed by atoms with E-state index in [2.05, 4.69) is 16.0 Å². The molecule has 0 aromatic carbocycles. The minimum absolute atomic E-state index is 0.116. The molecule has 150 valence electrons. The van der Waals surface area contributed by atoms with Gasteiger partial charge in [-0.3, -0.25) is 10.1 Å².